The van der Waals surface area contributed by atoms with Crippen LogP contribution < -0.4 is 4.83 Å². The SMILES string of the molecule is CC/C(=N/NS(C)(=O)=O)c1ccccc1. The summed E-state index contributed by atoms with van der Waals surface area (Å²) in [7, 11) is -3.27. The predicted molar refractivity (Wildman–Crippen MR) is 61.2 cm³/mol. The van der Waals surface area contributed by atoms with E-state index >= 15 is 0 Å². The Morgan fingerprint density at radius 2 is 1.93 bits per heavy atom. The lowest BCUT2D eigenvalue weighted by molar-refractivity contribution is 0.590. The Balaban J connectivity index is 2.90. The molecule has 15 heavy (non-hydrogen) atoms. The Morgan fingerprint density at radius 1 is 1.33 bits per heavy atom. The standard InChI is InChI=1S/C10H14N2O2S/c1-3-10(11-12-15(2,13)14)9-7-5-4-6-8-9/h4-8,12H,3H2,1-2H3/b11-10-. The molecule has 1 aromatic carbocycles. The van der Waals surface area contributed by atoms with Gasteiger partial charge in [-0.15, -0.1) is 0 Å². The smallest absolute Gasteiger partial charge is 0.206 e. The minimum Gasteiger partial charge on any atom is -0.206 e. The normalized spacial score (nSPS) is 12.5. The fourth-order valence-corrected chi connectivity index (χ4v) is 1.39. The lowest BCUT2D eigenvalue weighted by Crippen LogP contribution is -2.18. The van der Waals surface area contributed by atoms with Gasteiger partial charge >= 0.3 is 0 Å². The van der Waals surface area contributed by atoms with Crippen LogP contribution in [-0.4, -0.2) is 20.4 Å². The summed E-state index contributed by atoms with van der Waals surface area (Å²) in [6, 6.07) is 9.47. The molecule has 0 unspecified atom stereocenters. The molecule has 82 valence electrons. The van der Waals surface area contributed by atoms with Crippen molar-refractivity contribution >= 4 is 15.7 Å². The zero-order chi connectivity index (χ0) is 11.3. The van der Waals surface area contributed by atoms with Crippen molar-refractivity contribution in [1.29, 1.82) is 0 Å². The van der Waals surface area contributed by atoms with Gasteiger partial charge in [0.25, 0.3) is 0 Å². The number of benzene rings is 1. The third-order valence-corrected chi connectivity index (χ3v) is 2.21. The summed E-state index contributed by atoms with van der Waals surface area (Å²) < 4.78 is 21.7. The van der Waals surface area contributed by atoms with Crippen LogP contribution >= 0.6 is 0 Å². The van der Waals surface area contributed by atoms with Crippen LogP contribution in [0.5, 0.6) is 0 Å². The molecule has 1 aromatic rings. The molecule has 4 nitrogen and oxygen atoms in total. The first-order valence-electron chi connectivity index (χ1n) is 4.61. The molecule has 0 bridgehead atoms. The molecule has 0 fully saturated rings. The zero-order valence-corrected chi connectivity index (χ0v) is 9.58. The second kappa shape index (κ2) is 4.93. The maximum Gasteiger partial charge on any atom is 0.244 e. The number of hydrogen-bond donors (Lipinski definition) is 1. The van der Waals surface area contributed by atoms with Crippen LogP contribution in [0.15, 0.2) is 35.4 Å². The van der Waals surface area contributed by atoms with Gasteiger partial charge in [0.05, 0.1) is 12.0 Å². The molecule has 0 amide bonds. The molecule has 1 N–H and O–H groups in total. The van der Waals surface area contributed by atoms with Crippen LogP contribution in [0.25, 0.3) is 0 Å². The van der Waals surface area contributed by atoms with Gasteiger partial charge in [0.2, 0.25) is 10.0 Å². The van der Waals surface area contributed by atoms with Crippen molar-refractivity contribution in [2.24, 2.45) is 5.10 Å². The van der Waals surface area contributed by atoms with E-state index in [1.54, 1.807) is 0 Å². The highest BCUT2D eigenvalue weighted by Gasteiger charge is 2.02. The molecule has 0 aliphatic rings. The first-order chi connectivity index (χ1) is 7.03. The zero-order valence-electron chi connectivity index (χ0n) is 8.77. The van der Waals surface area contributed by atoms with Gasteiger partial charge in [0.1, 0.15) is 0 Å². The highest BCUT2D eigenvalue weighted by molar-refractivity contribution is 7.88. The van der Waals surface area contributed by atoms with Crippen molar-refractivity contribution < 1.29 is 8.42 Å². The Kier molecular flexibility index (Phi) is 3.85. The summed E-state index contributed by atoms with van der Waals surface area (Å²) in [5, 5.41) is 3.86. The molecule has 0 aromatic heterocycles. The van der Waals surface area contributed by atoms with Crippen LogP contribution in [0.1, 0.15) is 18.9 Å². The number of hydrazone groups is 1. The van der Waals surface area contributed by atoms with Gasteiger partial charge < -0.3 is 0 Å². The largest absolute Gasteiger partial charge is 0.244 e. The van der Waals surface area contributed by atoms with E-state index in [2.05, 4.69) is 9.93 Å². The molecule has 5 heteroatoms. The van der Waals surface area contributed by atoms with Gasteiger partial charge in [-0.05, 0) is 12.0 Å². The minimum absolute atomic E-state index is 0.673. The average molecular weight is 226 g/mol. The second-order valence-corrected chi connectivity index (χ2v) is 4.87. The van der Waals surface area contributed by atoms with E-state index in [1.165, 1.54) is 0 Å². The highest BCUT2D eigenvalue weighted by Crippen LogP contribution is 2.03. The number of sulfonamides is 1. The molecule has 0 heterocycles. The summed E-state index contributed by atoms with van der Waals surface area (Å²) in [4.78, 5) is 2.13. The van der Waals surface area contributed by atoms with E-state index in [9.17, 15) is 8.42 Å². The highest BCUT2D eigenvalue weighted by atomic mass is 32.2. The molecule has 0 aliphatic heterocycles. The molecule has 1 rings (SSSR count). The van der Waals surface area contributed by atoms with Crippen LogP contribution in [0.2, 0.25) is 0 Å². The Labute approximate surface area is 90.1 Å². The molecule has 0 saturated carbocycles. The summed E-state index contributed by atoms with van der Waals surface area (Å²) in [6.45, 7) is 1.93. The molecule has 0 spiro atoms. The van der Waals surface area contributed by atoms with Crippen LogP contribution in [0.3, 0.4) is 0 Å². The fraction of sp³-hybridized carbons (Fsp3) is 0.300. The maximum atomic E-state index is 10.9. The fourth-order valence-electron chi connectivity index (χ4n) is 1.12. The van der Waals surface area contributed by atoms with Crippen molar-refractivity contribution in [3.05, 3.63) is 35.9 Å². The molecule has 0 saturated heterocycles. The predicted octanol–water partition coefficient (Wildman–Crippen LogP) is 1.35. The molecule has 0 atom stereocenters. The van der Waals surface area contributed by atoms with Gasteiger partial charge in [-0.2, -0.15) is 5.10 Å². The number of nitrogens with zero attached hydrogens (tertiary/aromatic N) is 1. The van der Waals surface area contributed by atoms with Crippen LogP contribution in [-0.2, 0) is 10.0 Å². The first kappa shape index (κ1) is 11.7. The number of rotatable bonds is 4. The third kappa shape index (κ3) is 4.12. The average Bonchev–Trinajstić information content (AvgIpc) is 2.19. The molecular weight excluding hydrogens is 212 g/mol. The van der Waals surface area contributed by atoms with Gasteiger partial charge in [-0.1, -0.05) is 37.3 Å². The van der Waals surface area contributed by atoms with E-state index in [0.717, 1.165) is 17.5 Å². The third-order valence-electron chi connectivity index (χ3n) is 1.79. The van der Waals surface area contributed by atoms with Crippen molar-refractivity contribution in [2.45, 2.75) is 13.3 Å². The summed E-state index contributed by atoms with van der Waals surface area (Å²) in [5.41, 5.74) is 1.65. The monoisotopic (exact) mass is 226 g/mol. The number of nitrogens with one attached hydrogen (secondary N) is 1. The van der Waals surface area contributed by atoms with E-state index < -0.39 is 10.0 Å². The Morgan fingerprint density at radius 3 is 2.40 bits per heavy atom. The lowest BCUT2D eigenvalue weighted by atomic mass is 10.1. The van der Waals surface area contributed by atoms with Gasteiger partial charge in [-0.25, -0.2) is 13.2 Å². The van der Waals surface area contributed by atoms with Gasteiger partial charge in [-0.3, -0.25) is 0 Å². The maximum absolute atomic E-state index is 10.9. The number of hydrogen-bond acceptors (Lipinski definition) is 3. The summed E-state index contributed by atoms with van der Waals surface area (Å²) >= 11 is 0. The van der Waals surface area contributed by atoms with Crippen molar-refractivity contribution in [3.8, 4) is 0 Å². The molecule has 0 radical (unpaired) electrons. The Hall–Kier alpha value is -1.36. The van der Waals surface area contributed by atoms with Crippen LogP contribution in [0.4, 0.5) is 0 Å². The minimum atomic E-state index is -3.27. The lowest BCUT2D eigenvalue weighted by Gasteiger charge is -2.03. The van der Waals surface area contributed by atoms with E-state index in [1.807, 2.05) is 37.3 Å². The molecule has 0 aliphatic carbocycles. The van der Waals surface area contributed by atoms with Crippen molar-refractivity contribution in [3.63, 3.8) is 0 Å². The quantitative estimate of drug-likeness (QED) is 0.622. The summed E-state index contributed by atoms with van der Waals surface area (Å²) in [5.74, 6) is 0. The van der Waals surface area contributed by atoms with E-state index in [-0.39, 0.29) is 0 Å². The van der Waals surface area contributed by atoms with Crippen LogP contribution in [0, 0.1) is 0 Å². The topological polar surface area (TPSA) is 58.5 Å². The first-order valence-corrected chi connectivity index (χ1v) is 6.51. The van der Waals surface area contributed by atoms with Crippen molar-refractivity contribution in [1.82, 2.24) is 4.83 Å². The van der Waals surface area contributed by atoms with E-state index in [0.29, 0.717) is 6.42 Å². The summed E-state index contributed by atoms with van der Waals surface area (Å²) in [6.07, 6.45) is 1.75. The Bertz CT molecular complexity index is 438. The van der Waals surface area contributed by atoms with Gasteiger partial charge in [0, 0.05) is 0 Å². The van der Waals surface area contributed by atoms with Gasteiger partial charge in [0.15, 0.2) is 0 Å². The second-order valence-electron chi connectivity index (χ2n) is 3.14. The molecular formula is C10H14N2O2S. The van der Waals surface area contributed by atoms with E-state index in [4.69, 9.17) is 0 Å². The van der Waals surface area contributed by atoms with Crippen molar-refractivity contribution in [2.75, 3.05) is 6.26 Å².